The molecule has 4 nitrogen and oxygen atoms in total. The minimum absolute atomic E-state index is 0.329. The van der Waals surface area contributed by atoms with Crippen LogP contribution in [-0.4, -0.2) is 35.6 Å². The number of piperidine rings is 1. The Morgan fingerprint density at radius 1 is 1.43 bits per heavy atom. The first kappa shape index (κ1) is 11.3. The largest absolute Gasteiger partial charge is 0.409 e. The van der Waals surface area contributed by atoms with Gasteiger partial charge in [0.05, 0.1) is 0 Å². The van der Waals surface area contributed by atoms with Gasteiger partial charge >= 0.3 is 0 Å². The van der Waals surface area contributed by atoms with Crippen molar-refractivity contribution in [3.63, 3.8) is 0 Å². The molecule has 0 amide bonds. The molecule has 4 heteroatoms. The molecule has 14 heavy (non-hydrogen) atoms. The summed E-state index contributed by atoms with van der Waals surface area (Å²) in [7, 11) is 0. The minimum atomic E-state index is 0.329. The Bertz CT molecular complexity index is 203. The van der Waals surface area contributed by atoms with E-state index in [9.17, 15) is 0 Å². The van der Waals surface area contributed by atoms with E-state index >= 15 is 0 Å². The van der Waals surface area contributed by atoms with Crippen molar-refractivity contribution in [3.8, 4) is 0 Å². The van der Waals surface area contributed by atoms with E-state index in [-0.39, 0.29) is 0 Å². The van der Waals surface area contributed by atoms with Crippen molar-refractivity contribution in [1.29, 1.82) is 0 Å². The Hall–Kier alpha value is -0.770. The maximum absolute atomic E-state index is 8.39. The molecule has 1 saturated heterocycles. The Balaban J connectivity index is 2.23. The number of oxime groups is 1. The van der Waals surface area contributed by atoms with Crippen LogP contribution in [0.4, 0.5) is 0 Å². The number of rotatable bonds is 3. The summed E-state index contributed by atoms with van der Waals surface area (Å²) < 4.78 is 0. The first-order valence-corrected chi connectivity index (χ1v) is 5.22. The second kappa shape index (κ2) is 4.64. The Morgan fingerprint density at radius 2 is 2.00 bits per heavy atom. The molecule has 0 aromatic heterocycles. The minimum Gasteiger partial charge on any atom is -0.409 e. The van der Waals surface area contributed by atoms with Crippen LogP contribution in [0.5, 0.6) is 0 Å². The molecule has 82 valence electrons. The van der Waals surface area contributed by atoms with Crippen molar-refractivity contribution < 1.29 is 5.21 Å². The van der Waals surface area contributed by atoms with E-state index < -0.39 is 0 Å². The molecule has 0 radical (unpaired) electrons. The van der Waals surface area contributed by atoms with Gasteiger partial charge in [-0.1, -0.05) is 19.0 Å². The standard InChI is InChI=1S/C10H21N3O/c1-10(2)4-7-13(8-5-10)6-3-9(11)12-14/h14H,3-8H2,1-2H3,(H2,11,12). The molecular weight excluding hydrogens is 178 g/mol. The summed E-state index contributed by atoms with van der Waals surface area (Å²) >= 11 is 0. The van der Waals surface area contributed by atoms with Gasteiger partial charge in [0.1, 0.15) is 5.84 Å². The van der Waals surface area contributed by atoms with Gasteiger partial charge in [0.25, 0.3) is 0 Å². The molecule has 3 N–H and O–H groups in total. The van der Waals surface area contributed by atoms with Gasteiger partial charge in [0.2, 0.25) is 0 Å². The van der Waals surface area contributed by atoms with E-state index in [1.165, 1.54) is 12.8 Å². The van der Waals surface area contributed by atoms with Crippen LogP contribution in [-0.2, 0) is 0 Å². The number of hydrogen-bond donors (Lipinski definition) is 2. The van der Waals surface area contributed by atoms with Gasteiger partial charge in [-0.05, 0) is 31.3 Å². The molecule has 1 aliphatic heterocycles. The highest BCUT2D eigenvalue weighted by molar-refractivity contribution is 5.79. The molecule has 1 aliphatic rings. The molecule has 1 fully saturated rings. The Kier molecular flexibility index (Phi) is 3.75. The van der Waals surface area contributed by atoms with Crippen LogP contribution in [0.25, 0.3) is 0 Å². The third-order valence-electron chi connectivity index (χ3n) is 3.02. The SMILES string of the molecule is CC1(C)CCN(CC/C(N)=N/O)CC1. The summed E-state index contributed by atoms with van der Waals surface area (Å²) in [6, 6.07) is 0. The normalized spacial score (nSPS) is 23.7. The third-order valence-corrected chi connectivity index (χ3v) is 3.02. The Morgan fingerprint density at radius 3 is 2.50 bits per heavy atom. The maximum atomic E-state index is 8.39. The fraction of sp³-hybridized carbons (Fsp3) is 0.900. The van der Waals surface area contributed by atoms with Crippen LogP contribution in [0.2, 0.25) is 0 Å². The lowest BCUT2D eigenvalue weighted by molar-refractivity contribution is 0.135. The van der Waals surface area contributed by atoms with Crippen LogP contribution in [0.15, 0.2) is 5.16 Å². The zero-order chi connectivity index (χ0) is 10.6. The zero-order valence-corrected chi connectivity index (χ0v) is 9.16. The average molecular weight is 199 g/mol. The van der Waals surface area contributed by atoms with Crippen LogP contribution in [0.1, 0.15) is 33.1 Å². The van der Waals surface area contributed by atoms with E-state index in [0.717, 1.165) is 19.6 Å². The molecule has 0 saturated carbocycles. The quantitative estimate of drug-likeness (QED) is 0.311. The predicted molar refractivity (Wildman–Crippen MR) is 57.5 cm³/mol. The topological polar surface area (TPSA) is 61.8 Å². The lowest BCUT2D eigenvalue weighted by atomic mass is 9.83. The molecule has 1 rings (SSSR count). The lowest BCUT2D eigenvalue weighted by Gasteiger charge is -2.36. The first-order chi connectivity index (χ1) is 6.53. The van der Waals surface area contributed by atoms with Crippen molar-refractivity contribution in [1.82, 2.24) is 4.90 Å². The molecule has 0 bridgehead atoms. The molecule has 0 aromatic carbocycles. The Labute approximate surface area is 85.8 Å². The summed E-state index contributed by atoms with van der Waals surface area (Å²) in [6.07, 6.45) is 3.14. The highest BCUT2D eigenvalue weighted by Crippen LogP contribution is 2.29. The van der Waals surface area contributed by atoms with Gasteiger partial charge in [-0.3, -0.25) is 0 Å². The molecule has 0 unspecified atom stereocenters. The number of amidine groups is 1. The van der Waals surface area contributed by atoms with Gasteiger partial charge in [-0.25, -0.2) is 0 Å². The van der Waals surface area contributed by atoms with Gasteiger partial charge in [0, 0.05) is 13.0 Å². The van der Waals surface area contributed by atoms with Crippen LogP contribution >= 0.6 is 0 Å². The van der Waals surface area contributed by atoms with E-state index in [0.29, 0.717) is 17.7 Å². The molecule has 0 spiro atoms. The summed E-state index contributed by atoms with van der Waals surface area (Å²) in [5, 5.41) is 11.4. The van der Waals surface area contributed by atoms with Crippen LogP contribution < -0.4 is 5.73 Å². The van der Waals surface area contributed by atoms with E-state index in [2.05, 4.69) is 23.9 Å². The van der Waals surface area contributed by atoms with Crippen molar-refractivity contribution >= 4 is 5.84 Å². The number of hydrogen-bond acceptors (Lipinski definition) is 3. The van der Waals surface area contributed by atoms with Crippen LogP contribution in [0, 0.1) is 5.41 Å². The summed E-state index contributed by atoms with van der Waals surface area (Å²) in [4.78, 5) is 2.38. The van der Waals surface area contributed by atoms with E-state index in [1.807, 2.05) is 0 Å². The van der Waals surface area contributed by atoms with Gasteiger partial charge in [-0.15, -0.1) is 0 Å². The predicted octanol–water partition coefficient (Wildman–Crippen LogP) is 1.24. The summed E-state index contributed by atoms with van der Waals surface area (Å²) in [5.74, 6) is 0.329. The van der Waals surface area contributed by atoms with Crippen LogP contribution in [0.3, 0.4) is 0 Å². The molecule has 1 heterocycles. The van der Waals surface area contributed by atoms with Crippen molar-refractivity contribution in [3.05, 3.63) is 0 Å². The zero-order valence-electron chi connectivity index (χ0n) is 9.16. The second-order valence-electron chi connectivity index (χ2n) is 4.85. The molecule has 0 aromatic rings. The van der Waals surface area contributed by atoms with Crippen molar-refractivity contribution in [2.75, 3.05) is 19.6 Å². The highest BCUT2D eigenvalue weighted by Gasteiger charge is 2.24. The summed E-state index contributed by atoms with van der Waals surface area (Å²) in [5.41, 5.74) is 5.91. The fourth-order valence-corrected chi connectivity index (χ4v) is 1.70. The number of likely N-dealkylation sites (tertiary alicyclic amines) is 1. The van der Waals surface area contributed by atoms with Crippen molar-refractivity contribution in [2.24, 2.45) is 16.3 Å². The number of nitrogens with zero attached hydrogens (tertiary/aromatic N) is 2. The van der Waals surface area contributed by atoms with Gasteiger partial charge in [-0.2, -0.15) is 0 Å². The third kappa shape index (κ3) is 3.54. The highest BCUT2D eigenvalue weighted by atomic mass is 16.4. The molecular formula is C10H21N3O. The molecule has 0 aliphatic carbocycles. The first-order valence-electron chi connectivity index (χ1n) is 5.22. The average Bonchev–Trinajstić information content (AvgIpc) is 2.16. The maximum Gasteiger partial charge on any atom is 0.140 e. The molecule has 0 atom stereocenters. The number of nitrogens with two attached hydrogens (primary N) is 1. The van der Waals surface area contributed by atoms with E-state index in [1.54, 1.807) is 0 Å². The van der Waals surface area contributed by atoms with E-state index in [4.69, 9.17) is 10.9 Å². The smallest absolute Gasteiger partial charge is 0.140 e. The second-order valence-corrected chi connectivity index (χ2v) is 4.85. The summed E-state index contributed by atoms with van der Waals surface area (Å²) in [6.45, 7) is 7.80. The lowest BCUT2D eigenvalue weighted by Crippen LogP contribution is -2.38. The van der Waals surface area contributed by atoms with Crippen molar-refractivity contribution in [2.45, 2.75) is 33.1 Å². The monoisotopic (exact) mass is 199 g/mol. The van der Waals surface area contributed by atoms with Gasteiger partial charge in [0.15, 0.2) is 0 Å². The van der Waals surface area contributed by atoms with Gasteiger partial charge < -0.3 is 15.8 Å². The fourth-order valence-electron chi connectivity index (χ4n) is 1.70.